The minimum absolute atomic E-state index is 0.0876. The molecule has 6 nitrogen and oxygen atoms in total. The molecule has 0 aliphatic carbocycles. The van der Waals surface area contributed by atoms with E-state index in [4.69, 9.17) is 9.47 Å². The molecule has 1 saturated heterocycles. The van der Waals surface area contributed by atoms with Gasteiger partial charge in [-0.25, -0.2) is 4.98 Å². The van der Waals surface area contributed by atoms with E-state index in [0.29, 0.717) is 17.2 Å². The van der Waals surface area contributed by atoms with Gasteiger partial charge < -0.3 is 14.8 Å². The Labute approximate surface area is 147 Å². The summed E-state index contributed by atoms with van der Waals surface area (Å²) in [7, 11) is 3.18. The number of aromatic nitrogens is 1. The van der Waals surface area contributed by atoms with Crippen LogP contribution in [0.1, 0.15) is 22.3 Å². The lowest BCUT2D eigenvalue weighted by Crippen LogP contribution is -2.37. The SMILES string of the molecule is COc1ccc(CN2CC[C@@H](NC(=O)c3ccccc3OC)C2)cn1. The molecule has 0 radical (unpaired) electrons. The molecule has 2 heterocycles. The zero-order valence-corrected chi connectivity index (χ0v) is 14.6. The lowest BCUT2D eigenvalue weighted by Gasteiger charge is -2.17. The van der Waals surface area contributed by atoms with Crippen LogP contribution in [0.5, 0.6) is 11.6 Å². The predicted molar refractivity (Wildman–Crippen MR) is 94.9 cm³/mol. The number of nitrogens with zero attached hydrogens (tertiary/aromatic N) is 2. The topological polar surface area (TPSA) is 63.7 Å². The van der Waals surface area contributed by atoms with Crippen LogP contribution in [0.4, 0.5) is 0 Å². The van der Waals surface area contributed by atoms with Gasteiger partial charge in [0.25, 0.3) is 5.91 Å². The number of rotatable bonds is 6. The largest absolute Gasteiger partial charge is 0.496 e. The zero-order chi connectivity index (χ0) is 17.6. The van der Waals surface area contributed by atoms with Crippen LogP contribution in [0.15, 0.2) is 42.6 Å². The van der Waals surface area contributed by atoms with Crippen molar-refractivity contribution in [2.45, 2.75) is 19.0 Å². The van der Waals surface area contributed by atoms with E-state index in [9.17, 15) is 4.79 Å². The van der Waals surface area contributed by atoms with E-state index in [-0.39, 0.29) is 11.9 Å². The monoisotopic (exact) mass is 341 g/mol. The van der Waals surface area contributed by atoms with E-state index < -0.39 is 0 Å². The third-order valence-electron chi connectivity index (χ3n) is 4.37. The number of methoxy groups -OCH3 is 2. The highest BCUT2D eigenvalue weighted by Crippen LogP contribution is 2.19. The summed E-state index contributed by atoms with van der Waals surface area (Å²) in [5.74, 6) is 1.13. The Kier molecular flexibility index (Phi) is 5.50. The molecule has 1 aliphatic heterocycles. The van der Waals surface area contributed by atoms with Crippen molar-refractivity contribution in [1.29, 1.82) is 0 Å². The number of para-hydroxylation sites is 1. The van der Waals surface area contributed by atoms with Crippen LogP contribution >= 0.6 is 0 Å². The van der Waals surface area contributed by atoms with E-state index in [1.165, 1.54) is 0 Å². The molecule has 1 amide bonds. The second-order valence-electron chi connectivity index (χ2n) is 6.10. The molecule has 1 aliphatic rings. The van der Waals surface area contributed by atoms with Gasteiger partial charge in [-0.2, -0.15) is 0 Å². The van der Waals surface area contributed by atoms with E-state index in [1.807, 2.05) is 30.5 Å². The number of carbonyl (C=O) groups is 1. The molecule has 1 atom stereocenters. The van der Waals surface area contributed by atoms with Crippen LogP contribution in [0.3, 0.4) is 0 Å². The summed E-state index contributed by atoms with van der Waals surface area (Å²) in [6.45, 7) is 2.59. The van der Waals surface area contributed by atoms with Gasteiger partial charge in [-0.3, -0.25) is 9.69 Å². The standard InChI is InChI=1S/C19H23N3O3/c1-24-17-6-4-3-5-16(17)19(23)21-15-9-10-22(13-15)12-14-7-8-18(25-2)20-11-14/h3-8,11,15H,9-10,12-13H2,1-2H3,(H,21,23)/t15-/m1/s1. The Balaban J connectivity index is 1.54. The van der Waals surface area contributed by atoms with Crippen molar-refractivity contribution in [3.8, 4) is 11.6 Å². The average Bonchev–Trinajstić information content (AvgIpc) is 3.09. The fraction of sp³-hybridized carbons (Fsp3) is 0.368. The van der Waals surface area contributed by atoms with Crippen molar-refractivity contribution >= 4 is 5.91 Å². The van der Waals surface area contributed by atoms with E-state index >= 15 is 0 Å². The number of ether oxygens (including phenoxy) is 2. The summed E-state index contributed by atoms with van der Waals surface area (Å²) in [5, 5.41) is 3.11. The Hall–Kier alpha value is -2.60. The van der Waals surface area contributed by atoms with Crippen molar-refractivity contribution in [2.75, 3.05) is 27.3 Å². The van der Waals surface area contributed by atoms with Crippen LogP contribution in [0, 0.1) is 0 Å². The van der Waals surface area contributed by atoms with Gasteiger partial charge in [0.2, 0.25) is 5.88 Å². The summed E-state index contributed by atoms with van der Waals surface area (Å²) in [6, 6.07) is 11.3. The highest BCUT2D eigenvalue weighted by atomic mass is 16.5. The second-order valence-corrected chi connectivity index (χ2v) is 6.10. The van der Waals surface area contributed by atoms with E-state index in [2.05, 4.69) is 15.2 Å². The van der Waals surface area contributed by atoms with Crippen molar-refractivity contribution in [3.63, 3.8) is 0 Å². The second kappa shape index (κ2) is 7.98. The molecule has 132 valence electrons. The highest BCUT2D eigenvalue weighted by molar-refractivity contribution is 5.97. The molecule has 2 aromatic rings. The van der Waals surface area contributed by atoms with Crippen LogP contribution < -0.4 is 14.8 Å². The molecule has 0 bridgehead atoms. The highest BCUT2D eigenvalue weighted by Gasteiger charge is 2.25. The lowest BCUT2D eigenvalue weighted by molar-refractivity contribution is 0.0934. The normalized spacial score (nSPS) is 17.3. The third-order valence-corrected chi connectivity index (χ3v) is 4.37. The molecule has 0 saturated carbocycles. The first-order valence-electron chi connectivity index (χ1n) is 8.34. The molecule has 6 heteroatoms. The number of amides is 1. The summed E-state index contributed by atoms with van der Waals surface area (Å²) in [4.78, 5) is 19.0. The van der Waals surface area contributed by atoms with Gasteiger partial charge in [0.15, 0.2) is 0 Å². The Morgan fingerprint density at radius 2 is 2.08 bits per heavy atom. The maximum absolute atomic E-state index is 12.5. The zero-order valence-electron chi connectivity index (χ0n) is 14.6. The number of carbonyl (C=O) groups excluding carboxylic acids is 1. The maximum Gasteiger partial charge on any atom is 0.255 e. The van der Waals surface area contributed by atoms with Gasteiger partial charge in [0.05, 0.1) is 19.8 Å². The van der Waals surface area contributed by atoms with E-state index in [0.717, 1.165) is 31.6 Å². The smallest absolute Gasteiger partial charge is 0.255 e. The van der Waals surface area contributed by atoms with Crippen molar-refractivity contribution in [2.24, 2.45) is 0 Å². The molecule has 3 rings (SSSR count). The molecular formula is C19H23N3O3. The summed E-state index contributed by atoms with van der Waals surface area (Å²) in [6.07, 6.45) is 2.77. The van der Waals surface area contributed by atoms with Crippen molar-refractivity contribution < 1.29 is 14.3 Å². The number of benzene rings is 1. The van der Waals surface area contributed by atoms with Gasteiger partial charge in [0, 0.05) is 37.9 Å². The number of hydrogen-bond acceptors (Lipinski definition) is 5. The molecule has 0 spiro atoms. The molecule has 1 aromatic heterocycles. The Morgan fingerprint density at radius 1 is 1.24 bits per heavy atom. The van der Waals surface area contributed by atoms with Gasteiger partial charge >= 0.3 is 0 Å². The molecule has 1 aromatic carbocycles. The average molecular weight is 341 g/mol. The quantitative estimate of drug-likeness (QED) is 0.872. The van der Waals surface area contributed by atoms with Gasteiger partial charge in [-0.15, -0.1) is 0 Å². The van der Waals surface area contributed by atoms with Crippen molar-refractivity contribution in [3.05, 3.63) is 53.7 Å². The van der Waals surface area contributed by atoms with Crippen LogP contribution in [-0.4, -0.2) is 49.1 Å². The number of likely N-dealkylation sites (tertiary alicyclic amines) is 1. The van der Waals surface area contributed by atoms with Gasteiger partial charge in [0.1, 0.15) is 5.75 Å². The molecule has 0 unspecified atom stereocenters. The first-order valence-corrected chi connectivity index (χ1v) is 8.34. The molecular weight excluding hydrogens is 318 g/mol. The third kappa shape index (κ3) is 4.28. The minimum Gasteiger partial charge on any atom is -0.496 e. The minimum atomic E-state index is -0.0876. The Bertz CT molecular complexity index is 718. The lowest BCUT2D eigenvalue weighted by atomic mass is 10.1. The van der Waals surface area contributed by atoms with Crippen LogP contribution in [-0.2, 0) is 6.54 Å². The van der Waals surface area contributed by atoms with Crippen LogP contribution in [0.25, 0.3) is 0 Å². The molecule has 25 heavy (non-hydrogen) atoms. The first kappa shape index (κ1) is 17.2. The predicted octanol–water partition coefficient (Wildman–Crippen LogP) is 2.10. The van der Waals surface area contributed by atoms with Crippen molar-refractivity contribution in [1.82, 2.24) is 15.2 Å². The molecule has 1 N–H and O–H groups in total. The maximum atomic E-state index is 12.5. The molecule has 1 fully saturated rings. The number of nitrogens with one attached hydrogen (secondary N) is 1. The number of hydrogen-bond donors (Lipinski definition) is 1. The summed E-state index contributed by atoms with van der Waals surface area (Å²) >= 11 is 0. The summed E-state index contributed by atoms with van der Waals surface area (Å²) < 4.78 is 10.3. The van der Waals surface area contributed by atoms with Gasteiger partial charge in [-0.05, 0) is 24.1 Å². The fourth-order valence-electron chi connectivity index (χ4n) is 3.07. The van der Waals surface area contributed by atoms with Gasteiger partial charge in [-0.1, -0.05) is 18.2 Å². The first-order chi connectivity index (χ1) is 12.2. The summed E-state index contributed by atoms with van der Waals surface area (Å²) in [5.41, 5.74) is 1.71. The van der Waals surface area contributed by atoms with E-state index in [1.54, 1.807) is 26.4 Å². The fourth-order valence-corrected chi connectivity index (χ4v) is 3.07. The number of pyridine rings is 1. The Morgan fingerprint density at radius 3 is 2.80 bits per heavy atom. The van der Waals surface area contributed by atoms with Crippen LogP contribution in [0.2, 0.25) is 0 Å².